The third-order valence-corrected chi connectivity index (χ3v) is 6.98. The first-order chi connectivity index (χ1) is 12.9. The van der Waals surface area contributed by atoms with E-state index >= 15 is 0 Å². The van der Waals surface area contributed by atoms with E-state index in [1.54, 1.807) is 0 Å². The van der Waals surface area contributed by atoms with Crippen molar-refractivity contribution in [3.63, 3.8) is 0 Å². The number of nitrogens with one attached hydrogen (secondary N) is 1. The number of nitrogen functional groups attached to an aromatic ring is 1. The molecule has 0 bridgehead atoms. The van der Waals surface area contributed by atoms with E-state index in [4.69, 9.17) is 15.2 Å². The van der Waals surface area contributed by atoms with Gasteiger partial charge in [-0.05, 0) is 18.8 Å². The molecule has 2 aromatic rings. The lowest BCUT2D eigenvalue weighted by molar-refractivity contribution is -0.141. The molecule has 146 valence electrons. The zero-order valence-electron chi connectivity index (χ0n) is 14.3. The topological polar surface area (TPSA) is 150 Å². The van der Waals surface area contributed by atoms with Gasteiger partial charge in [0.1, 0.15) is 10.1 Å². The van der Waals surface area contributed by atoms with Crippen molar-refractivity contribution in [1.29, 1.82) is 0 Å². The van der Waals surface area contributed by atoms with E-state index in [-0.39, 0.29) is 28.6 Å². The largest absolute Gasteiger partial charge is 0.469 e. The number of thioether (sulfide) groups is 1. The highest BCUT2D eigenvalue weighted by atomic mass is 32.2. The number of aliphatic hydroxyl groups excluding tert-OH is 1. The van der Waals surface area contributed by atoms with E-state index in [9.17, 15) is 19.5 Å². The smallest absolute Gasteiger partial charge is 0.311 e. The monoisotopic (exact) mass is 414 g/mol. The molecule has 2 fully saturated rings. The number of nitrogens with two attached hydrogens (primary N) is 1. The molecule has 4 N–H and O–H groups in total. The molecule has 4 atom stereocenters. The van der Waals surface area contributed by atoms with Crippen LogP contribution in [-0.2, 0) is 14.3 Å². The highest BCUT2D eigenvalue weighted by Crippen LogP contribution is 2.47. The summed E-state index contributed by atoms with van der Waals surface area (Å²) in [5.41, 5.74) is 4.63. The van der Waals surface area contributed by atoms with Crippen LogP contribution in [0.15, 0.2) is 9.59 Å². The van der Waals surface area contributed by atoms with Crippen molar-refractivity contribution in [3.05, 3.63) is 20.0 Å². The third-order valence-electron chi connectivity index (χ3n) is 4.63. The highest BCUT2D eigenvalue weighted by Gasteiger charge is 2.47. The minimum atomic E-state index is -0.873. The van der Waals surface area contributed by atoms with Gasteiger partial charge in [-0.1, -0.05) is 11.3 Å². The Balaban J connectivity index is 1.76. The predicted octanol–water partition coefficient (Wildman–Crippen LogP) is 0.0192. The van der Waals surface area contributed by atoms with Crippen molar-refractivity contribution in [3.8, 4) is 0 Å². The summed E-state index contributed by atoms with van der Waals surface area (Å²) >= 11 is 2.02. The van der Waals surface area contributed by atoms with Crippen LogP contribution >= 0.6 is 23.1 Å². The fraction of sp³-hybridized carbons (Fsp3) is 0.600. The van der Waals surface area contributed by atoms with Gasteiger partial charge in [-0.3, -0.25) is 23.9 Å². The standard InChI is InChI=1S/C15H18N4O6S2/c1-24-7(20)4-6-12(25-13(26-6)8(21)5-2-3-5)19-10-9(27-15(19)23)11(22)18-14(16)17-10/h5-6,8,12-13,21H,2-4H2,1H3,(H3,16,17,18,22)/t6?,8-,12?,13?/m0/s1. The van der Waals surface area contributed by atoms with Gasteiger partial charge in [0.25, 0.3) is 5.56 Å². The number of fused-ring (bicyclic) bond motifs is 1. The quantitative estimate of drug-likeness (QED) is 0.575. The van der Waals surface area contributed by atoms with E-state index < -0.39 is 39.4 Å². The number of aromatic amines is 1. The summed E-state index contributed by atoms with van der Waals surface area (Å²) in [5, 5.41) is 9.97. The van der Waals surface area contributed by atoms with Crippen LogP contribution in [0.3, 0.4) is 0 Å². The molecular weight excluding hydrogens is 396 g/mol. The molecule has 2 aliphatic rings. The Kier molecular flexibility index (Phi) is 4.74. The maximum absolute atomic E-state index is 12.6. The first kappa shape index (κ1) is 18.5. The summed E-state index contributed by atoms with van der Waals surface area (Å²) in [6.07, 6.45) is 0.262. The highest BCUT2D eigenvalue weighted by molar-refractivity contribution is 8.00. The molecule has 1 aliphatic carbocycles. The van der Waals surface area contributed by atoms with Gasteiger partial charge in [0.05, 0.1) is 24.9 Å². The molecule has 0 amide bonds. The number of methoxy groups -OCH3 is 1. The molecule has 3 heterocycles. The van der Waals surface area contributed by atoms with Gasteiger partial charge >= 0.3 is 10.8 Å². The van der Waals surface area contributed by atoms with Crippen LogP contribution in [0.1, 0.15) is 25.5 Å². The summed E-state index contributed by atoms with van der Waals surface area (Å²) in [5.74, 6) is -0.420. The van der Waals surface area contributed by atoms with E-state index in [1.165, 1.54) is 23.4 Å². The number of thiazole rings is 1. The van der Waals surface area contributed by atoms with Crippen molar-refractivity contribution >= 4 is 45.4 Å². The van der Waals surface area contributed by atoms with Crippen LogP contribution in [0.2, 0.25) is 0 Å². The Morgan fingerprint density at radius 2 is 2.26 bits per heavy atom. The van der Waals surface area contributed by atoms with Gasteiger partial charge in [-0.15, -0.1) is 11.8 Å². The van der Waals surface area contributed by atoms with Gasteiger partial charge in [0.15, 0.2) is 11.9 Å². The van der Waals surface area contributed by atoms with Crippen molar-refractivity contribution in [2.75, 3.05) is 12.8 Å². The molecule has 3 unspecified atom stereocenters. The average molecular weight is 414 g/mol. The van der Waals surface area contributed by atoms with Crippen molar-refractivity contribution in [2.24, 2.45) is 5.92 Å². The number of H-pyrrole nitrogens is 1. The normalized spacial score (nSPS) is 26.4. The Morgan fingerprint density at radius 3 is 2.93 bits per heavy atom. The summed E-state index contributed by atoms with van der Waals surface area (Å²) in [6, 6.07) is 0. The molecule has 4 rings (SSSR count). The lowest BCUT2D eigenvalue weighted by Gasteiger charge is -2.19. The minimum Gasteiger partial charge on any atom is -0.469 e. The fourth-order valence-electron chi connectivity index (χ4n) is 3.11. The second-order valence-electron chi connectivity index (χ2n) is 6.52. The molecule has 0 radical (unpaired) electrons. The summed E-state index contributed by atoms with van der Waals surface area (Å²) in [6.45, 7) is 0. The van der Waals surface area contributed by atoms with E-state index in [0.29, 0.717) is 0 Å². The Morgan fingerprint density at radius 1 is 1.52 bits per heavy atom. The molecule has 10 nitrogen and oxygen atoms in total. The predicted molar refractivity (Wildman–Crippen MR) is 99.6 cm³/mol. The Hall–Kier alpha value is -1.89. The van der Waals surface area contributed by atoms with Gasteiger partial charge in [0.2, 0.25) is 5.95 Å². The van der Waals surface area contributed by atoms with Crippen molar-refractivity contribution < 1.29 is 19.4 Å². The van der Waals surface area contributed by atoms with Crippen molar-refractivity contribution in [1.82, 2.24) is 14.5 Å². The van der Waals surface area contributed by atoms with Crippen molar-refractivity contribution in [2.45, 2.75) is 42.3 Å². The molecule has 12 heteroatoms. The number of hydrogen-bond acceptors (Lipinski definition) is 10. The second-order valence-corrected chi connectivity index (χ2v) is 8.82. The lowest BCUT2D eigenvalue weighted by Crippen LogP contribution is -2.30. The molecule has 2 aromatic heterocycles. The van der Waals surface area contributed by atoms with Gasteiger partial charge in [-0.25, -0.2) is 0 Å². The van der Waals surface area contributed by atoms with Gasteiger partial charge in [-0.2, -0.15) is 4.98 Å². The third kappa shape index (κ3) is 3.37. The number of aliphatic hydroxyl groups is 1. The first-order valence-electron chi connectivity index (χ1n) is 8.35. The fourth-order valence-corrected chi connectivity index (χ4v) is 5.41. The zero-order chi connectivity index (χ0) is 19.3. The lowest BCUT2D eigenvalue weighted by atomic mass is 10.2. The molecule has 0 aromatic carbocycles. The molecular formula is C15H18N4O6S2. The summed E-state index contributed by atoms with van der Waals surface area (Å²) in [4.78, 5) is 42.5. The van der Waals surface area contributed by atoms with E-state index in [2.05, 4.69) is 9.97 Å². The maximum Gasteiger partial charge on any atom is 0.311 e. The van der Waals surface area contributed by atoms with Crippen LogP contribution in [0.4, 0.5) is 5.95 Å². The number of carbonyl (C=O) groups is 1. The molecule has 1 saturated carbocycles. The maximum atomic E-state index is 12.6. The SMILES string of the molecule is COC(=O)CC1SC([C@@H](O)C2CC2)OC1n1c(=O)sc2c(=O)[nH]c(N)nc21. The minimum absolute atomic E-state index is 0.0117. The molecule has 1 aliphatic heterocycles. The number of nitrogens with zero attached hydrogens (tertiary/aromatic N) is 2. The van der Waals surface area contributed by atoms with Gasteiger partial charge < -0.3 is 20.3 Å². The number of ether oxygens (including phenoxy) is 2. The van der Waals surface area contributed by atoms with E-state index in [1.807, 2.05) is 0 Å². The van der Waals surface area contributed by atoms with Crippen LogP contribution in [0.5, 0.6) is 0 Å². The molecule has 1 saturated heterocycles. The Labute approximate surface area is 160 Å². The summed E-state index contributed by atoms with van der Waals surface area (Å²) in [7, 11) is 1.28. The van der Waals surface area contributed by atoms with E-state index in [0.717, 1.165) is 24.2 Å². The van der Waals surface area contributed by atoms with Gasteiger partial charge in [0, 0.05) is 0 Å². The number of anilines is 1. The number of aromatic nitrogens is 3. The second kappa shape index (κ2) is 6.93. The van der Waals surface area contributed by atoms with Crippen LogP contribution in [0, 0.1) is 5.92 Å². The Bertz CT molecular complexity index is 996. The van der Waals surface area contributed by atoms with Crippen LogP contribution in [-0.4, -0.2) is 49.5 Å². The zero-order valence-corrected chi connectivity index (χ0v) is 15.9. The number of esters is 1. The summed E-state index contributed by atoms with van der Waals surface area (Å²) < 4.78 is 12.1. The number of hydrogen-bond donors (Lipinski definition) is 3. The number of rotatable bonds is 5. The molecule has 0 spiro atoms. The first-order valence-corrected chi connectivity index (χ1v) is 10.1. The average Bonchev–Trinajstić information content (AvgIpc) is 3.32. The molecule has 27 heavy (non-hydrogen) atoms. The van der Waals surface area contributed by atoms with Crippen LogP contribution in [0.25, 0.3) is 10.3 Å². The van der Waals surface area contributed by atoms with Crippen LogP contribution < -0.4 is 16.2 Å². The number of carbonyl (C=O) groups excluding carboxylic acids is 1.